The molecule has 0 aliphatic carbocycles. The van der Waals surface area contributed by atoms with Gasteiger partial charge in [0.25, 0.3) is 5.69 Å². The summed E-state index contributed by atoms with van der Waals surface area (Å²) in [7, 11) is 0. The van der Waals surface area contributed by atoms with Gasteiger partial charge in [-0.1, -0.05) is 6.92 Å². The lowest BCUT2D eigenvalue weighted by Gasteiger charge is -2.16. The number of aliphatic carboxylic acids is 1. The summed E-state index contributed by atoms with van der Waals surface area (Å²) in [5.74, 6) is -0.690. The van der Waals surface area contributed by atoms with Gasteiger partial charge in [-0.2, -0.15) is 0 Å². The van der Waals surface area contributed by atoms with Gasteiger partial charge in [0.15, 0.2) is 0 Å². The van der Waals surface area contributed by atoms with Crippen molar-refractivity contribution in [1.29, 1.82) is 0 Å². The maximum atomic E-state index is 11.0. The van der Waals surface area contributed by atoms with Gasteiger partial charge in [-0.25, -0.2) is 0 Å². The first-order valence-electron chi connectivity index (χ1n) is 6.29. The van der Waals surface area contributed by atoms with Gasteiger partial charge in [0.2, 0.25) is 0 Å². The molecule has 0 saturated carbocycles. The molecule has 0 amide bonds. The van der Waals surface area contributed by atoms with Crippen molar-refractivity contribution in [1.82, 2.24) is 5.32 Å². The van der Waals surface area contributed by atoms with E-state index in [9.17, 15) is 14.9 Å². The molecule has 0 radical (unpaired) electrons. The molecule has 1 atom stereocenters. The Balaban J connectivity index is 2.74. The SMILES string of the molecule is CCCNC(COc1cc([N+](=O)[O-])ccc1C)C(=O)O. The molecule has 1 aromatic rings. The predicted octanol–water partition coefficient (Wildman–Crippen LogP) is 1.73. The van der Waals surface area contributed by atoms with Gasteiger partial charge in [0, 0.05) is 6.07 Å². The summed E-state index contributed by atoms with van der Waals surface area (Å²) in [4.78, 5) is 21.2. The first-order valence-corrected chi connectivity index (χ1v) is 6.29. The van der Waals surface area contributed by atoms with Crippen molar-refractivity contribution >= 4 is 11.7 Å². The molecule has 0 aromatic heterocycles. The number of nitro benzene ring substituents is 1. The maximum absolute atomic E-state index is 11.0. The molecule has 0 spiro atoms. The number of nitro groups is 1. The fraction of sp³-hybridized carbons (Fsp3) is 0.462. The molecule has 20 heavy (non-hydrogen) atoms. The molecule has 2 N–H and O–H groups in total. The molecule has 0 saturated heterocycles. The van der Waals surface area contributed by atoms with E-state index in [0.29, 0.717) is 12.3 Å². The molecule has 1 aromatic carbocycles. The molecule has 110 valence electrons. The first kappa shape index (κ1) is 15.9. The van der Waals surface area contributed by atoms with Crippen LogP contribution in [0.3, 0.4) is 0 Å². The third-order valence-corrected chi connectivity index (χ3v) is 2.73. The lowest BCUT2D eigenvalue weighted by Crippen LogP contribution is -2.41. The van der Waals surface area contributed by atoms with Crippen molar-refractivity contribution in [2.24, 2.45) is 0 Å². The van der Waals surface area contributed by atoms with Gasteiger partial charge >= 0.3 is 5.97 Å². The number of nitrogens with one attached hydrogen (secondary N) is 1. The number of benzene rings is 1. The van der Waals surface area contributed by atoms with Crippen molar-refractivity contribution in [3.8, 4) is 5.75 Å². The molecule has 0 aliphatic heterocycles. The van der Waals surface area contributed by atoms with E-state index in [4.69, 9.17) is 9.84 Å². The van der Waals surface area contributed by atoms with Gasteiger partial charge in [0.1, 0.15) is 18.4 Å². The Labute approximate surface area is 116 Å². The van der Waals surface area contributed by atoms with Gasteiger partial charge in [0.05, 0.1) is 11.0 Å². The standard InChI is InChI=1S/C13H18N2O5/c1-3-6-14-11(13(16)17)8-20-12-7-10(15(18)19)5-4-9(12)2/h4-5,7,11,14H,3,6,8H2,1-2H3,(H,16,17). The fourth-order valence-electron chi connectivity index (χ4n) is 1.57. The van der Waals surface area contributed by atoms with E-state index in [1.807, 2.05) is 6.92 Å². The number of nitrogens with zero attached hydrogens (tertiary/aromatic N) is 1. The van der Waals surface area contributed by atoms with E-state index in [0.717, 1.165) is 12.0 Å². The second-order valence-corrected chi connectivity index (χ2v) is 4.36. The number of aryl methyl sites for hydroxylation is 1. The van der Waals surface area contributed by atoms with Crippen molar-refractivity contribution < 1.29 is 19.6 Å². The van der Waals surface area contributed by atoms with Crippen LogP contribution < -0.4 is 10.1 Å². The largest absolute Gasteiger partial charge is 0.491 e. The zero-order valence-electron chi connectivity index (χ0n) is 11.5. The Morgan fingerprint density at radius 3 is 2.80 bits per heavy atom. The summed E-state index contributed by atoms with van der Waals surface area (Å²) in [5, 5.41) is 22.6. The zero-order valence-corrected chi connectivity index (χ0v) is 11.5. The third-order valence-electron chi connectivity index (χ3n) is 2.73. The smallest absolute Gasteiger partial charge is 0.324 e. The molecule has 1 unspecified atom stereocenters. The van der Waals surface area contributed by atoms with Crippen molar-refractivity contribution in [3.05, 3.63) is 33.9 Å². The Bertz CT molecular complexity index is 490. The highest BCUT2D eigenvalue weighted by Gasteiger charge is 2.18. The van der Waals surface area contributed by atoms with E-state index in [1.165, 1.54) is 12.1 Å². The number of carboxylic acid groups (broad SMARTS) is 1. The Hall–Kier alpha value is -2.15. The lowest BCUT2D eigenvalue weighted by atomic mass is 10.2. The molecule has 1 rings (SSSR count). The second-order valence-electron chi connectivity index (χ2n) is 4.36. The number of non-ortho nitro benzene ring substituents is 1. The molecular weight excluding hydrogens is 264 g/mol. The summed E-state index contributed by atoms with van der Waals surface area (Å²) < 4.78 is 5.40. The minimum absolute atomic E-state index is 0.0843. The number of hydrogen-bond donors (Lipinski definition) is 2. The van der Waals surface area contributed by atoms with Gasteiger partial charge < -0.3 is 15.2 Å². The van der Waals surface area contributed by atoms with Crippen LogP contribution in [0.5, 0.6) is 5.75 Å². The Morgan fingerprint density at radius 1 is 1.55 bits per heavy atom. The van der Waals surface area contributed by atoms with Crippen molar-refractivity contribution in [3.63, 3.8) is 0 Å². The van der Waals surface area contributed by atoms with E-state index in [2.05, 4.69) is 5.32 Å². The number of ether oxygens (including phenoxy) is 1. The average molecular weight is 282 g/mol. The fourth-order valence-corrected chi connectivity index (χ4v) is 1.57. The molecule has 0 fully saturated rings. The average Bonchev–Trinajstić information content (AvgIpc) is 2.39. The van der Waals surface area contributed by atoms with Crippen LogP contribution >= 0.6 is 0 Å². The molecule has 0 heterocycles. The Morgan fingerprint density at radius 2 is 2.25 bits per heavy atom. The minimum atomic E-state index is -1.01. The van der Waals surface area contributed by atoms with Crippen LogP contribution in [0.1, 0.15) is 18.9 Å². The van der Waals surface area contributed by atoms with Gasteiger partial charge in [-0.05, 0) is 31.5 Å². The van der Waals surface area contributed by atoms with Crippen LogP contribution in [0.15, 0.2) is 18.2 Å². The monoisotopic (exact) mass is 282 g/mol. The highest BCUT2D eigenvalue weighted by atomic mass is 16.6. The van der Waals surface area contributed by atoms with E-state index >= 15 is 0 Å². The number of rotatable bonds is 8. The molecule has 7 heteroatoms. The number of hydrogen-bond acceptors (Lipinski definition) is 5. The Kier molecular flexibility index (Phi) is 5.92. The van der Waals surface area contributed by atoms with Crippen LogP contribution in [0.25, 0.3) is 0 Å². The number of carbonyl (C=O) groups is 1. The van der Waals surface area contributed by atoms with Crippen LogP contribution in [0.2, 0.25) is 0 Å². The van der Waals surface area contributed by atoms with Gasteiger partial charge in [-0.3, -0.25) is 14.9 Å². The quantitative estimate of drug-likeness (QED) is 0.556. The number of carboxylic acids is 1. The normalized spacial score (nSPS) is 11.9. The van der Waals surface area contributed by atoms with Crippen molar-refractivity contribution in [2.75, 3.05) is 13.2 Å². The second kappa shape index (κ2) is 7.44. The molecule has 7 nitrogen and oxygen atoms in total. The van der Waals surface area contributed by atoms with Crippen molar-refractivity contribution in [2.45, 2.75) is 26.3 Å². The summed E-state index contributed by atoms with van der Waals surface area (Å²) in [6.45, 7) is 4.15. The summed E-state index contributed by atoms with van der Waals surface area (Å²) in [6.07, 6.45) is 0.805. The topological polar surface area (TPSA) is 102 Å². The third kappa shape index (κ3) is 4.51. The van der Waals surface area contributed by atoms with E-state index in [-0.39, 0.29) is 12.3 Å². The molecule has 0 aliphatic rings. The lowest BCUT2D eigenvalue weighted by molar-refractivity contribution is -0.384. The van der Waals surface area contributed by atoms with E-state index < -0.39 is 16.9 Å². The summed E-state index contributed by atoms with van der Waals surface area (Å²) >= 11 is 0. The summed E-state index contributed by atoms with van der Waals surface area (Å²) in [5.41, 5.74) is 0.634. The molecule has 0 bridgehead atoms. The first-order chi connectivity index (χ1) is 9.45. The van der Waals surface area contributed by atoms with Crippen LogP contribution in [0.4, 0.5) is 5.69 Å². The molecular formula is C13H18N2O5. The summed E-state index contributed by atoms with van der Waals surface area (Å²) in [6, 6.07) is 3.41. The maximum Gasteiger partial charge on any atom is 0.324 e. The van der Waals surface area contributed by atoms with Crippen LogP contribution in [-0.4, -0.2) is 35.2 Å². The predicted molar refractivity (Wildman–Crippen MR) is 73.0 cm³/mol. The van der Waals surface area contributed by atoms with Crippen LogP contribution in [0, 0.1) is 17.0 Å². The highest BCUT2D eigenvalue weighted by Crippen LogP contribution is 2.24. The van der Waals surface area contributed by atoms with Gasteiger partial charge in [-0.15, -0.1) is 0 Å². The minimum Gasteiger partial charge on any atom is -0.491 e. The van der Waals surface area contributed by atoms with Crippen LogP contribution in [-0.2, 0) is 4.79 Å². The highest BCUT2D eigenvalue weighted by molar-refractivity contribution is 5.73. The van der Waals surface area contributed by atoms with E-state index in [1.54, 1.807) is 13.0 Å². The zero-order chi connectivity index (χ0) is 15.1.